The van der Waals surface area contributed by atoms with Crippen LogP contribution in [0.25, 0.3) is 0 Å². The number of benzene rings is 1. The lowest BCUT2D eigenvalue weighted by atomic mass is 10.3. The van der Waals surface area contributed by atoms with Crippen molar-refractivity contribution >= 4 is 0 Å². The molecule has 106 valence electrons. The van der Waals surface area contributed by atoms with E-state index in [1.165, 1.54) is 12.8 Å². The van der Waals surface area contributed by atoms with Gasteiger partial charge in [0.05, 0.1) is 6.54 Å². The highest BCUT2D eigenvalue weighted by Gasteiger charge is 2.20. The molecular formula is C15H15F2NO2. The lowest BCUT2D eigenvalue weighted by Gasteiger charge is -2.04. The normalized spacial score (nSPS) is 14.5. The van der Waals surface area contributed by atoms with E-state index in [2.05, 4.69) is 5.32 Å². The van der Waals surface area contributed by atoms with Gasteiger partial charge in [-0.3, -0.25) is 0 Å². The molecule has 1 heterocycles. The molecule has 0 bridgehead atoms. The molecule has 1 aromatic heterocycles. The molecule has 0 saturated heterocycles. The van der Waals surface area contributed by atoms with Crippen molar-refractivity contribution in [1.82, 2.24) is 5.32 Å². The topological polar surface area (TPSA) is 34.4 Å². The molecule has 3 nitrogen and oxygen atoms in total. The molecule has 5 heteroatoms. The summed E-state index contributed by atoms with van der Waals surface area (Å²) >= 11 is 0. The summed E-state index contributed by atoms with van der Waals surface area (Å²) in [7, 11) is 0. The number of hydrogen-bond acceptors (Lipinski definition) is 3. The standard InChI is InChI=1S/C15H15F2NO2/c16-10-5-11(17)7-15(6-10)19-9-14-4-3-13(20-14)8-18-12-1-2-12/h3-7,12,18H,1-2,8-9H2. The number of rotatable bonds is 6. The summed E-state index contributed by atoms with van der Waals surface area (Å²) in [6, 6.07) is 7.39. The van der Waals surface area contributed by atoms with Gasteiger partial charge in [-0.15, -0.1) is 0 Å². The van der Waals surface area contributed by atoms with Gasteiger partial charge in [0.15, 0.2) is 0 Å². The van der Waals surface area contributed by atoms with Gasteiger partial charge in [0, 0.05) is 24.2 Å². The lowest BCUT2D eigenvalue weighted by Crippen LogP contribution is -2.14. The van der Waals surface area contributed by atoms with Crippen molar-refractivity contribution in [2.75, 3.05) is 0 Å². The van der Waals surface area contributed by atoms with Crippen LogP contribution in [0.5, 0.6) is 5.75 Å². The second-order valence-corrected chi connectivity index (χ2v) is 4.92. The van der Waals surface area contributed by atoms with Crippen molar-refractivity contribution in [3.05, 3.63) is 53.5 Å². The maximum atomic E-state index is 13.0. The molecule has 1 fully saturated rings. The summed E-state index contributed by atoms with van der Waals surface area (Å²) in [5, 5.41) is 3.34. The van der Waals surface area contributed by atoms with Crippen LogP contribution in [-0.2, 0) is 13.2 Å². The van der Waals surface area contributed by atoms with Crippen LogP contribution in [-0.4, -0.2) is 6.04 Å². The van der Waals surface area contributed by atoms with Gasteiger partial charge >= 0.3 is 0 Å². The minimum Gasteiger partial charge on any atom is -0.485 e. The van der Waals surface area contributed by atoms with Gasteiger partial charge in [0.25, 0.3) is 0 Å². The molecule has 0 spiro atoms. The van der Waals surface area contributed by atoms with Crippen molar-refractivity contribution in [2.45, 2.75) is 32.0 Å². The summed E-state index contributed by atoms with van der Waals surface area (Å²) in [4.78, 5) is 0. The molecule has 1 aromatic carbocycles. The van der Waals surface area contributed by atoms with Crippen LogP contribution in [0.3, 0.4) is 0 Å². The Balaban J connectivity index is 1.54. The molecule has 0 radical (unpaired) electrons. The molecule has 0 amide bonds. The number of hydrogen-bond donors (Lipinski definition) is 1. The van der Waals surface area contributed by atoms with Crippen molar-refractivity contribution < 1.29 is 17.9 Å². The Morgan fingerprint density at radius 2 is 1.80 bits per heavy atom. The van der Waals surface area contributed by atoms with E-state index in [0.29, 0.717) is 18.3 Å². The maximum Gasteiger partial charge on any atom is 0.146 e. The summed E-state index contributed by atoms with van der Waals surface area (Å²) in [5.41, 5.74) is 0. The fourth-order valence-electron chi connectivity index (χ4n) is 1.89. The fraction of sp³-hybridized carbons (Fsp3) is 0.333. The SMILES string of the molecule is Fc1cc(F)cc(OCc2ccc(CNC3CC3)o2)c1. The van der Waals surface area contributed by atoms with Crippen molar-refractivity contribution in [2.24, 2.45) is 0 Å². The van der Waals surface area contributed by atoms with E-state index < -0.39 is 11.6 Å². The van der Waals surface area contributed by atoms with E-state index in [1.54, 1.807) is 6.07 Å². The Labute approximate surface area is 115 Å². The molecule has 1 aliphatic rings. The van der Waals surface area contributed by atoms with E-state index in [4.69, 9.17) is 9.15 Å². The second kappa shape index (κ2) is 5.63. The third-order valence-corrected chi connectivity index (χ3v) is 3.08. The molecule has 0 unspecified atom stereocenters. The van der Waals surface area contributed by atoms with Crippen LogP contribution in [0.4, 0.5) is 8.78 Å². The Morgan fingerprint density at radius 1 is 1.10 bits per heavy atom. The van der Waals surface area contributed by atoms with Gasteiger partial charge in [-0.2, -0.15) is 0 Å². The van der Waals surface area contributed by atoms with Crippen LogP contribution in [0.15, 0.2) is 34.7 Å². The number of halogens is 2. The minimum atomic E-state index is -0.659. The van der Waals surface area contributed by atoms with Gasteiger partial charge < -0.3 is 14.5 Å². The van der Waals surface area contributed by atoms with Crippen LogP contribution < -0.4 is 10.1 Å². The zero-order valence-corrected chi connectivity index (χ0v) is 10.9. The summed E-state index contributed by atoms with van der Waals surface area (Å²) in [6.45, 7) is 0.839. The Kier molecular flexibility index (Phi) is 3.69. The van der Waals surface area contributed by atoms with Gasteiger partial charge in [-0.25, -0.2) is 8.78 Å². The van der Waals surface area contributed by atoms with E-state index >= 15 is 0 Å². The third-order valence-electron chi connectivity index (χ3n) is 3.08. The average molecular weight is 279 g/mol. The first-order valence-corrected chi connectivity index (χ1v) is 6.59. The van der Waals surface area contributed by atoms with Crippen LogP contribution in [0, 0.1) is 11.6 Å². The Hall–Kier alpha value is -1.88. The van der Waals surface area contributed by atoms with Crippen molar-refractivity contribution in [1.29, 1.82) is 0 Å². The predicted molar refractivity (Wildman–Crippen MR) is 69.3 cm³/mol. The van der Waals surface area contributed by atoms with Crippen LogP contribution >= 0.6 is 0 Å². The molecular weight excluding hydrogens is 264 g/mol. The van der Waals surface area contributed by atoms with Gasteiger partial charge in [0.1, 0.15) is 35.5 Å². The van der Waals surface area contributed by atoms with E-state index in [9.17, 15) is 8.78 Å². The molecule has 0 aliphatic heterocycles. The number of furan rings is 1. The smallest absolute Gasteiger partial charge is 0.146 e. The molecule has 3 rings (SSSR count). The summed E-state index contributed by atoms with van der Waals surface area (Å²) < 4.78 is 36.9. The van der Waals surface area contributed by atoms with Crippen molar-refractivity contribution in [3.63, 3.8) is 0 Å². The van der Waals surface area contributed by atoms with Crippen molar-refractivity contribution in [3.8, 4) is 5.75 Å². The molecule has 1 aliphatic carbocycles. The highest BCUT2D eigenvalue weighted by atomic mass is 19.1. The first-order chi connectivity index (χ1) is 9.69. The van der Waals surface area contributed by atoms with Crippen LogP contribution in [0.1, 0.15) is 24.4 Å². The first kappa shape index (κ1) is 13.1. The molecule has 20 heavy (non-hydrogen) atoms. The maximum absolute atomic E-state index is 13.0. The third kappa shape index (κ3) is 3.57. The Bertz CT molecular complexity index is 573. The summed E-state index contributed by atoms with van der Waals surface area (Å²) in [6.07, 6.45) is 2.45. The van der Waals surface area contributed by atoms with E-state index in [0.717, 1.165) is 24.0 Å². The van der Waals surface area contributed by atoms with Gasteiger partial charge in [-0.1, -0.05) is 0 Å². The zero-order chi connectivity index (χ0) is 13.9. The highest BCUT2D eigenvalue weighted by Crippen LogP contribution is 2.20. The second-order valence-electron chi connectivity index (χ2n) is 4.92. The summed E-state index contributed by atoms with van der Waals surface area (Å²) in [5.74, 6) is 0.294. The van der Waals surface area contributed by atoms with Gasteiger partial charge in [-0.05, 0) is 25.0 Å². The highest BCUT2D eigenvalue weighted by molar-refractivity contribution is 5.24. The molecule has 2 aromatic rings. The molecule has 1 N–H and O–H groups in total. The average Bonchev–Trinajstić information content (AvgIpc) is 3.12. The van der Waals surface area contributed by atoms with E-state index in [1.807, 2.05) is 6.07 Å². The van der Waals surface area contributed by atoms with Crippen LogP contribution in [0.2, 0.25) is 0 Å². The fourth-order valence-corrected chi connectivity index (χ4v) is 1.89. The van der Waals surface area contributed by atoms with Gasteiger partial charge in [0.2, 0.25) is 0 Å². The Morgan fingerprint density at radius 3 is 2.50 bits per heavy atom. The number of nitrogens with one attached hydrogen (secondary N) is 1. The first-order valence-electron chi connectivity index (χ1n) is 6.59. The minimum absolute atomic E-state index is 0.145. The molecule has 0 atom stereocenters. The quantitative estimate of drug-likeness (QED) is 0.880. The largest absolute Gasteiger partial charge is 0.485 e. The zero-order valence-electron chi connectivity index (χ0n) is 10.9. The molecule has 1 saturated carbocycles. The predicted octanol–water partition coefficient (Wildman–Crippen LogP) is 3.39. The lowest BCUT2D eigenvalue weighted by molar-refractivity contribution is 0.262. The monoisotopic (exact) mass is 279 g/mol. The number of ether oxygens (including phenoxy) is 1. The van der Waals surface area contributed by atoms with E-state index in [-0.39, 0.29) is 12.4 Å².